The molecule has 20 heavy (non-hydrogen) atoms. The number of nitrogens with one attached hydrogen (secondary N) is 2. The lowest BCUT2D eigenvalue weighted by Gasteiger charge is -2.16. The van der Waals surface area contributed by atoms with Gasteiger partial charge < -0.3 is 5.11 Å². The largest absolute Gasteiger partial charge is 0.480 e. The first-order chi connectivity index (χ1) is 9.30. The molecule has 7 heteroatoms. The molecule has 0 unspecified atom stereocenters. The minimum Gasteiger partial charge on any atom is -0.480 e. The second-order valence-electron chi connectivity index (χ2n) is 4.94. The van der Waals surface area contributed by atoms with E-state index < -0.39 is 22.2 Å². The third kappa shape index (κ3) is 6.14. The van der Waals surface area contributed by atoms with E-state index in [1.165, 1.54) is 0 Å². The third-order valence-corrected chi connectivity index (χ3v) is 3.70. The van der Waals surface area contributed by atoms with Crippen LogP contribution < -0.4 is 9.44 Å². The van der Waals surface area contributed by atoms with Crippen molar-refractivity contribution in [2.24, 2.45) is 5.92 Å². The number of carboxylic acids is 1. The standard InChI is InChI=1S/C13H20N2O4S/c1-10(2)9-14-20(18,19)15-12(13(16)17)8-11-6-4-3-5-7-11/h3-7,10,12,14-15H,8-9H2,1-2H3,(H,16,17)/t12-/m0/s1. The Labute approximate surface area is 119 Å². The molecule has 112 valence electrons. The summed E-state index contributed by atoms with van der Waals surface area (Å²) in [5, 5.41) is 9.12. The van der Waals surface area contributed by atoms with E-state index >= 15 is 0 Å². The van der Waals surface area contributed by atoms with E-state index in [1.807, 2.05) is 19.9 Å². The number of carboxylic acid groups (broad SMARTS) is 1. The van der Waals surface area contributed by atoms with E-state index in [9.17, 15) is 13.2 Å². The highest BCUT2D eigenvalue weighted by Crippen LogP contribution is 2.04. The minimum absolute atomic E-state index is 0.0960. The summed E-state index contributed by atoms with van der Waals surface area (Å²) in [4.78, 5) is 11.2. The fourth-order valence-electron chi connectivity index (χ4n) is 1.53. The molecule has 0 spiro atoms. The van der Waals surface area contributed by atoms with Gasteiger partial charge in [-0.3, -0.25) is 4.79 Å². The zero-order valence-corrected chi connectivity index (χ0v) is 12.4. The van der Waals surface area contributed by atoms with Gasteiger partial charge >= 0.3 is 5.97 Å². The van der Waals surface area contributed by atoms with Gasteiger partial charge in [-0.2, -0.15) is 13.1 Å². The van der Waals surface area contributed by atoms with E-state index in [4.69, 9.17) is 5.11 Å². The first-order valence-electron chi connectivity index (χ1n) is 6.34. The fraction of sp³-hybridized carbons (Fsp3) is 0.462. The fourth-order valence-corrected chi connectivity index (χ4v) is 2.73. The molecule has 0 saturated heterocycles. The Hall–Kier alpha value is -1.44. The Bertz CT molecular complexity index is 529. The van der Waals surface area contributed by atoms with E-state index in [1.54, 1.807) is 24.3 Å². The quantitative estimate of drug-likeness (QED) is 0.660. The molecule has 0 saturated carbocycles. The lowest BCUT2D eigenvalue weighted by Crippen LogP contribution is -2.48. The summed E-state index contributed by atoms with van der Waals surface area (Å²) < 4.78 is 28.0. The minimum atomic E-state index is -3.82. The number of benzene rings is 1. The van der Waals surface area contributed by atoms with E-state index in [2.05, 4.69) is 9.44 Å². The summed E-state index contributed by atoms with van der Waals surface area (Å²) in [6.45, 7) is 3.98. The zero-order valence-electron chi connectivity index (χ0n) is 11.5. The molecule has 1 aromatic carbocycles. The predicted molar refractivity (Wildman–Crippen MR) is 76.5 cm³/mol. The first-order valence-corrected chi connectivity index (χ1v) is 7.82. The van der Waals surface area contributed by atoms with E-state index in [-0.39, 0.29) is 18.9 Å². The molecule has 0 heterocycles. The summed E-state index contributed by atoms with van der Waals surface area (Å²) in [7, 11) is -3.82. The predicted octanol–water partition coefficient (Wildman–Crippen LogP) is 0.762. The van der Waals surface area contributed by atoms with Crippen molar-refractivity contribution in [2.75, 3.05) is 6.54 Å². The van der Waals surface area contributed by atoms with Crippen molar-refractivity contribution in [3.05, 3.63) is 35.9 Å². The summed E-state index contributed by atoms with van der Waals surface area (Å²) in [6, 6.07) is 7.69. The van der Waals surface area contributed by atoms with Crippen molar-refractivity contribution in [3.63, 3.8) is 0 Å². The van der Waals surface area contributed by atoms with Gasteiger partial charge in [-0.15, -0.1) is 0 Å². The molecule has 1 rings (SSSR count). The van der Waals surface area contributed by atoms with Gasteiger partial charge in [0.05, 0.1) is 0 Å². The van der Waals surface area contributed by atoms with Gasteiger partial charge in [-0.05, 0) is 17.9 Å². The normalized spacial score (nSPS) is 13.3. The van der Waals surface area contributed by atoms with Gasteiger partial charge in [0.25, 0.3) is 10.2 Å². The number of aliphatic carboxylic acids is 1. The van der Waals surface area contributed by atoms with Crippen molar-refractivity contribution in [3.8, 4) is 0 Å². The van der Waals surface area contributed by atoms with Crippen LogP contribution in [-0.4, -0.2) is 32.1 Å². The first kappa shape index (κ1) is 16.6. The van der Waals surface area contributed by atoms with Crippen LogP contribution in [0.5, 0.6) is 0 Å². The number of hydrogen-bond donors (Lipinski definition) is 3. The van der Waals surface area contributed by atoms with E-state index in [0.29, 0.717) is 0 Å². The molecule has 6 nitrogen and oxygen atoms in total. The molecular weight excluding hydrogens is 280 g/mol. The molecular formula is C13H20N2O4S. The highest BCUT2D eigenvalue weighted by Gasteiger charge is 2.24. The Kier molecular flexibility index (Phi) is 6.12. The van der Waals surface area contributed by atoms with Crippen molar-refractivity contribution >= 4 is 16.2 Å². The van der Waals surface area contributed by atoms with Gasteiger partial charge in [0.15, 0.2) is 0 Å². The molecule has 0 bridgehead atoms. The maximum absolute atomic E-state index is 11.8. The van der Waals surface area contributed by atoms with Gasteiger partial charge in [-0.1, -0.05) is 44.2 Å². The van der Waals surface area contributed by atoms with Gasteiger partial charge in [0.1, 0.15) is 6.04 Å². The van der Waals surface area contributed by atoms with Crippen molar-refractivity contribution in [1.82, 2.24) is 9.44 Å². The molecule has 0 radical (unpaired) electrons. The van der Waals surface area contributed by atoms with Gasteiger partial charge in [0.2, 0.25) is 0 Å². The highest BCUT2D eigenvalue weighted by atomic mass is 32.2. The van der Waals surface area contributed by atoms with Crippen LogP contribution in [0.25, 0.3) is 0 Å². The molecule has 0 aliphatic rings. The molecule has 0 fully saturated rings. The van der Waals surface area contributed by atoms with Crippen LogP contribution >= 0.6 is 0 Å². The second-order valence-corrected chi connectivity index (χ2v) is 6.48. The summed E-state index contributed by atoms with van der Waals surface area (Å²) in [5.41, 5.74) is 0.756. The number of carbonyl (C=O) groups is 1. The maximum atomic E-state index is 11.8. The van der Waals surface area contributed by atoms with Gasteiger partial charge in [-0.25, -0.2) is 4.72 Å². The van der Waals surface area contributed by atoms with Crippen LogP contribution in [0.15, 0.2) is 30.3 Å². The van der Waals surface area contributed by atoms with Crippen LogP contribution in [0.4, 0.5) is 0 Å². The number of rotatable bonds is 8. The van der Waals surface area contributed by atoms with Crippen LogP contribution in [-0.2, 0) is 21.4 Å². The van der Waals surface area contributed by atoms with Crippen LogP contribution in [0.3, 0.4) is 0 Å². The average Bonchev–Trinajstić information content (AvgIpc) is 2.37. The molecule has 1 atom stereocenters. The zero-order chi connectivity index (χ0) is 15.2. The summed E-state index contributed by atoms with van der Waals surface area (Å²) >= 11 is 0. The summed E-state index contributed by atoms with van der Waals surface area (Å²) in [5.74, 6) is -1.06. The van der Waals surface area contributed by atoms with Crippen LogP contribution in [0, 0.1) is 5.92 Å². The van der Waals surface area contributed by atoms with Crippen LogP contribution in [0.2, 0.25) is 0 Å². The summed E-state index contributed by atoms with van der Waals surface area (Å²) in [6.07, 6.45) is 0.0960. The van der Waals surface area contributed by atoms with Crippen molar-refractivity contribution in [2.45, 2.75) is 26.3 Å². The number of hydrogen-bond acceptors (Lipinski definition) is 3. The average molecular weight is 300 g/mol. The molecule has 0 aliphatic heterocycles. The third-order valence-electron chi connectivity index (χ3n) is 2.56. The maximum Gasteiger partial charge on any atom is 0.322 e. The van der Waals surface area contributed by atoms with Crippen molar-refractivity contribution < 1.29 is 18.3 Å². The SMILES string of the molecule is CC(C)CNS(=O)(=O)N[C@@H](Cc1ccccc1)C(=O)O. The Morgan fingerprint density at radius 1 is 1.25 bits per heavy atom. The van der Waals surface area contributed by atoms with E-state index in [0.717, 1.165) is 5.56 Å². The smallest absolute Gasteiger partial charge is 0.322 e. The lowest BCUT2D eigenvalue weighted by molar-refractivity contribution is -0.138. The Morgan fingerprint density at radius 2 is 1.85 bits per heavy atom. The van der Waals surface area contributed by atoms with Crippen molar-refractivity contribution in [1.29, 1.82) is 0 Å². The topological polar surface area (TPSA) is 95.5 Å². The molecule has 3 N–H and O–H groups in total. The lowest BCUT2D eigenvalue weighted by atomic mass is 10.1. The molecule has 1 aromatic rings. The monoisotopic (exact) mass is 300 g/mol. The molecule has 0 amide bonds. The highest BCUT2D eigenvalue weighted by molar-refractivity contribution is 7.87. The van der Waals surface area contributed by atoms with Gasteiger partial charge in [0, 0.05) is 6.54 Å². The Morgan fingerprint density at radius 3 is 2.35 bits per heavy atom. The molecule has 0 aromatic heterocycles. The van der Waals surface area contributed by atoms with Crippen LogP contribution in [0.1, 0.15) is 19.4 Å². The Balaban J connectivity index is 2.70. The second kappa shape index (κ2) is 7.37. The molecule has 0 aliphatic carbocycles.